The molecule has 3 aromatic rings. The summed E-state index contributed by atoms with van der Waals surface area (Å²) in [5.74, 6) is 1.40. The summed E-state index contributed by atoms with van der Waals surface area (Å²) in [5.41, 5.74) is 2.20. The van der Waals surface area contributed by atoms with Crippen LogP contribution in [0.4, 0.5) is 5.69 Å². The number of nitrogens with one attached hydrogen (secondary N) is 1. The van der Waals surface area contributed by atoms with Gasteiger partial charge in [0.1, 0.15) is 12.4 Å². The van der Waals surface area contributed by atoms with Crippen molar-refractivity contribution in [2.45, 2.75) is 6.61 Å². The number of amides is 1. The second kappa shape index (κ2) is 10.3. The summed E-state index contributed by atoms with van der Waals surface area (Å²) >= 11 is 6.02. The molecule has 0 aliphatic carbocycles. The number of rotatable bonds is 8. The Kier molecular flexibility index (Phi) is 7.29. The normalized spacial score (nSPS) is 10.6. The fourth-order valence-electron chi connectivity index (χ4n) is 2.70. The number of carbonyl (C=O) groups excluding carboxylic acids is 1. The van der Waals surface area contributed by atoms with Gasteiger partial charge in [0, 0.05) is 46.4 Å². The van der Waals surface area contributed by atoms with E-state index < -0.39 is 0 Å². The Morgan fingerprint density at radius 2 is 1.87 bits per heavy atom. The summed E-state index contributed by atoms with van der Waals surface area (Å²) < 4.78 is 16.5. The first-order valence-electron chi connectivity index (χ1n) is 9.11. The van der Waals surface area contributed by atoms with Crippen molar-refractivity contribution in [2.75, 3.05) is 19.5 Å². The Hall–Kier alpha value is -3.51. The molecule has 0 unspecified atom stereocenters. The monoisotopic (exact) mass is 424 g/mol. The van der Waals surface area contributed by atoms with Crippen molar-refractivity contribution in [1.82, 2.24) is 4.98 Å². The fourth-order valence-corrected chi connectivity index (χ4v) is 2.88. The number of benzene rings is 2. The third kappa shape index (κ3) is 5.75. The van der Waals surface area contributed by atoms with Crippen molar-refractivity contribution < 1.29 is 19.0 Å². The lowest BCUT2D eigenvalue weighted by molar-refractivity contribution is -0.111. The van der Waals surface area contributed by atoms with E-state index in [-0.39, 0.29) is 5.91 Å². The molecule has 1 N–H and O–H groups in total. The van der Waals surface area contributed by atoms with Crippen molar-refractivity contribution in [3.05, 3.63) is 83.2 Å². The molecule has 0 aliphatic heterocycles. The molecule has 1 amide bonds. The number of carbonyl (C=O) groups is 1. The number of pyridine rings is 1. The molecule has 6 nitrogen and oxygen atoms in total. The summed E-state index contributed by atoms with van der Waals surface area (Å²) in [6, 6.07) is 14.1. The van der Waals surface area contributed by atoms with Gasteiger partial charge in [-0.15, -0.1) is 0 Å². The number of nitrogens with zero attached hydrogens (tertiary/aromatic N) is 1. The van der Waals surface area contributed by atoms with E-state index in [2.05, 4.69) is 10.3 Å². The molecule has 2 aromatic carbocycles. The Balaban J connectivity index is 1.70. The standard InChI is InChI=1S/C23H21ClN2O4/c1-28-20-8-6-18(24)12-17(20)5-10-23(27)26-19-7-9-21(29-2)22(13-19)30-15-16-4-3-11-25-14-16/h3-14H,15H2,1-2H3,(H,26,27)/b10-5+. The number of hydrogen-bond donors (Lipinski definition) is 1. The molecule has 3 rings (SSSR count). The maximum atomic E-state index is 12.4. The lowest BCUT2D eigenvalue weighted by atomic mass is 10.2. The van der Waals surface area contributed by atoms with Crippen LogP contribution in [-0.2, 0) is 11.4 Å². The van der Waals surface area contributed by atoms with Gasteiger partial charge in [-0.1, -0.05) is 17.7 Å². The van der Waals surface area contributed by atoms with Gasteiger partial charge in [0.05, 0.1) is 14.2 Å². The highest BCUT2D eigenvalue weighted by Crippen LogP contribution is 2.31. The van der Waals surface area contributed by atoms with E-state index in [1.165, 1.54) is 6.08 Å². The molecule has 1 heterocycles. The van der Waals surface area contributed by atoms with Crippen molar-refractivity contribution in [2.24, 2.45) is 0 Å². The highest BCUT2D eigenvalue weighted by atomic mass is 35.5. The topological polar surface area (TPSA) is 69.7 Å². The number of hydrogen-bond acceptors (Lipinski definition) is 5. The van der Waals surface area contributed by atoms with Crippen molar-refractivity contribution in [1.29, 1.82) is 0 Å². The van der Waals surface area contributed by atoms with E-state index >= 15 is 0 Å². The lowest BCUT2D eigenvalue weighted by Crippen LogP contribution is -2.08. The van der Waals surface area contributed by atoms with Crippen LogP contribution in [0.2, 0.25) is 5.02 Å². The van der Waals surface area contributed by atoms with Crippen LogP contribution in [0.15, 0.2) is 67.0 Å². The zero-order chi connectivity index (χ0) is 21.3. The Morgan fingerprint density at radius 1 is 1.07 bits per heavy atom. The van der Waals surface area contributed by atoms with Crippen LogP contribution in [0.1, 0.15) is 11.1 Å². The van der Waals surface area contributed by atoms with Gasteiger partial charge in [0.25, 0.3) is 0 Å². The smallest absolute Gasteiger partial charge is 0.248 e. The van der Waals surface area contributed by atoms with E-state index in [9.17, 15) is 4.79 Å². The Bertz CT molecular complexity index is 1040. The van der Waals surface area contributed by atoms with Gasteiger partial charge in [0.2, 0.25) is 5.91 Å². The maximum Gasteiger partial charge on any atom is 0.248 e. The molecule has 7 heteroatoms. The highest BCUT2D eigenvalue weighted by Gasteiger charge is 2.08. The summed E-state index contributed by atoms with van der Waals surface area (Å²) in [6.45, 7) is 0.329. The molecule has 0 bridgehead atoms. The van der Waals surface area contributed by atoms with Gasteiger partial charge in [-0.25, -0.2) is 0 Å². The summed E-state index contributed by atoms with van der Waals surface area (Å²) in [4.78, 5) is 16.4. The third-order valence-electron chi connectivity index (χ3n) is 4.15. The molecule has 0 saturated heterocycles. The molecule has 0 radical (unpaired) electrons. The second-order valence-corrected chi connectivity index (χ2v) is 6.66. The zero-order valence-corrected chi connectivity index (χ0v) is 17.3. The number of methoxy groups -OCH3 is 2. The first-order valence-corrected chi connectivity index (χ1v) is 9.49. The van der Waals surface area contributed by atoms with Crippen LogP contribution in [-0.4, -0.2) is 25.1 Å². The minimum Gasteiger partial charge on any atom is -0.496 e. The van der Waals surface area contributed by atoms with Crippen molar-refractivity contribution in [3.8, 4) is 17.2 Å². The summed E-state index contributed by atoms with van der Waals surface area (Å²) in [5, 5.41) is 3.36. The quantitative estimate of drug-likeness (QED) is 0.516. The molecule has 1 aromatic heterocycles. The minimum atomic E-state index is -0.305. The van der Waals surface area contributed by atoms with Gasteiger partial charge < -0.3 is 19.5 Å². The summed E-state index contributed by atoms with van der Waals surface area (Å²) in [6.07, 6.45) is 6.48. The van der Waals surface area contributed by atoms with E-state index in [0.29, 0.717) is 40.1 Å². The van der Waals surface area contributed by atoms with Crippen molar-refractivity contribution in [3.63, 3.8) is 0 Å². The zero-order valence-electron chi connectivity index (χ0n) is 16.6. The molecule has 0 spiro atoms. The first kappa shape index (κ1) is 21.2. The first-order chi connectivity index (χ1) is 14.6. The third-order valence-corrected chi connectivity index (χ3v) is 4.39. The van der Waals surface area contributed by atoms with E-state index in [1.54, 1.807) is 69.1 Å². The molecule has 0 atom stereocenters. The number of ether oxygens (including phenoxy) is 3. The van der Waals surface area contributed by atoms with Crippen LogP contribution >= 0.6 is 11.6 Å². The van der Waals surface area contributed by atoms with E-state index in [4.69, 9.17) is 25.8 Å². The van der Waals surface area contributed by atoms with Gasteiger partial charge >= 0.3 is 0 Å². The van der Waals surface area contributed by atoms with Crippen LogP contribution in [0.3, 0.4) is 0 Å². The highest BCUT2D eigenvalue weighted by molar-refractivity contribution is 6.30. The molecular weight excluding hydrogens is 404 g/mol. The molecule has 0 aliphatic rings. The predicted octanol–water partition coefficient (Wildman–Crippen LogP) is 4.98. The number of anilines is 1. The number of aromatic nitrogens is 1. The van der Waals surface area contributed by atoms with E-state index in [1.807, 2.05) is 12.1 Å². The molecule has 154 valence electrons. The van der Waals surface area contributed by atoms with Gasteiger partial charge in [-0.05, 0) is 42.5 Å². The van der Waals surface area contributed by atoms with Crippen molar-refractivity contribution >= 4 is 29.3 Å². The average Bonchev–Trinajstić information content (AvgIpc) is 2.77. The fraction of sp³-hybridized carbons (Fsp3) is 0.130. The minimum absolute atomic E-state index is 0.305. The Labute approximate surface area is 180 Å². The SMILES string of the molecule is COc1ccc(Cl)cc1/C=C/C(=O)Nc1ccc(OC)c(OCc2cccnc2)c1. The maximum absolute atomic E-state index is 12.4. The van der Waals surface area contributed by atoms with Gasteiger partial charge in [-0.3, -0.25) is 9.78 Å². The number of halogens is 1. The second-order valence-electron chi connectivity index (χ2n) is 6.22. The molecule has 30 heavy (non-hydrogen) atoms. The van der Waals surface area contributed by atoms with E-state index in [0.717, 1.165) is 5.56 Å². The lowest BCUT2D eigenvalue weighted by Gasteiger charge is -2.12. The molecular formula is C23H21ClN2O4. The molecule has 0 fully saturated rings. The predicted molar refractivity (Wildman–Crippen MR) is 117 cm³/mol. The van der Waals surface area contributed by atoms with Gasteiger partial charge in [0.15, 0.2) is 11.5 Å². The average molecular weight is 425 g/mol. The summed E-state index contributed by atoms with van der Waals surface area (Å²) in [7, 11) is 3.12. The van der Waals surface area contributed by atoms with Crippen LogP contribution in [0.5, 0.6) is 17.2 Å². The van der Waals surface area contributed by atoms with Gasteiger partial charge in [-0.2, -0.15) is 0 Å². The van der Waals surface area contributed by atoms with Crippen LogP contribution in [0, 0.1) is 0 Å². The van der Waals surface area contributed by atoms with Crippen LogP contribution in [0.25, 0.3) is 6.08 Å². The largest absolute Gasteiger partial charge is 0.496 e. The Morgan fingerprint density at radius 3 is 2.60 bits per heavy atom. The van der Waals surface area contributed by atoms with Crippen LogP contribution < -0.4 is 19.5 Å². The molecule has 0 saturated carbocycles.